The first-order valence-electron chi connectivity index (χ1n) is 12.0. The van der Waals surface area contributed by atoms with Crippen molar-refractivity contribution in [3.05, 3.63) is 77.4 Å². The molecule has 0 aromatic heterocycles. The fourth-order valence-electron chi connectivity index (χ4n) is 4.47. The van der Waals surface area contributed by atoms with Gasteiger partial charge in [-0.1, -0.05) is 12.1 Å². The summed E-state index contributed by atoms with van der Waals surface area (Å²) in [6.07, 6.45) is 0.759. The number of ether oxygens (including phenoxy) is 5. The third-order valence-corrected chi connectivity index (χ3v) is 6.20. The van der Waals surface area contributed by atoms with Crippen LogP contribution in [-0.4, -0.2) is 51.4 Å². The summed E-state index contributed by atoms with van der Waals surface area (Å²) < 4.78 is 28.5. The molecule has 3 aromatic carbocycles. The van der Waals surface area contributed by atoms with Crippen LogP contribution in [0.3, 0.4) is 0 Å². The number of fused-ring (bicyclic) bond motifs is 1. The number of para-hydroxylation sites is 2. The molecule has 1 heterocycles. The number of hydrogen-bond donors (Lipinski definition) is 0. The van der Waals surface area contributed by atoms with E-state index in [2.05, 4.69) is 0 Å². The minimum atomic E-state index is -0.336. The lowest BCUT2D eigenvalue weighted by atomic mass is 9.91. The highest BCUT2D eigenvalue weighted by Gasteiger charge is 2.33. The third kappa shape index (κ3) is 5.35. The zero-order valence-electron chi connectivity index (χ0n) is 21.4. The van der Waals surface area contributed by atoms with Gasteiger partial charge in [0.2, 0.25) is 0 Å². The molecule has 0 saturated carbocycles. The van der Waals surface area contributed by atoms with E-state index in [9.17, 15) is 4.79 Å². The Bertz CT molecular complexity index is 1190. The SMILES string of the molecule is COc1cc2c(cc1OC)C(COc1ccccc1OC)N(C(=O)c1ccc(OC(C)C)cc1)CC2. The molecule has 7 nitrogen and oxygen atoms in total. The van der Waals surface area contributed by atoms with Crippen molar-refractivity contribution in [1.82, 2.24) is 4.90 Å². The van der Waals surface area contributed by atoms with Crippen molar-refractivity contribution in [3.63, 3.8) is 0 Å². The molecule has 190 valence electrons. The van der Waals surface area contributed by atoms with Crippen molar-refractivity contribution in [1.29, 1.82) is 0 Å². The van der Waals surface area contributed by atoms with Crippen molar-refractivity contribution in [2.45, 2.75) is 32.4 Å². The van der Waals surface area contributed by atoms with E-state index >= 15 is 0 Å². The molecule has 4 rings (SSSR count). The smallest absolute Gasteiger partial charge is 0.254 e. The lowest BCUT2D eigenvalue weighted by Gasteiger charge is -2.37. The molecule has 1 unspecified atom stereocenters. The maximum atomic E-state index is 13.7. The summed E-state index contributed by atoms with van der Waals surface area (Å²) in [7, 11) is 4.84. The maximum absolute atomic E-state index is 13.7. The number of benzene rings is 3. The summed E-state index contributed by atoms with van der Waals surface area (Å²) >= 11 is 0. The molecule has 0 bridgehead atoms. The van der Waals surface area contributed by atoms with Crippen LogP contribution in [0.1, 0.15) is 41.4 Å². The maximum Gasteiger partial charge on any atom is 0.254 e. The van der Waals surface area contributed by atoms with E-state index in [1.54, 1.807) is 21.3 Å². The van der Waals surface area contributed by atoms with Gasteiger partial charge in [0.05, 0.1) is 33.5 Å². The Hall–Kier alpha value is -3.87. The quantitative estimate of drug-likeness (QED) is 0.404. The topological polar surface area (TPSA) is 66.5 Å². The number of amides is 1. The molecule has 0 fully saturated rings. The average Bonchev–Trinajstić information content (AvgIpc) is 2.90. The number of carbonyl (C=O) groups is 1. The van der Waals surface area contributed by atoms with Crippen LogP contribution >= 0.6 is 0 Å². The first kappa shape index (κ1) is 25.2. The molecule has 36 heavy (non-hydrogen) atoms. The molecule has 0 N–H and O–H groups in total. The predicted molar refractivity (Wildman–Crippen MR) is 138 cm³/mol. The molecule has 1 aliphatic rings. The van der Waals surface area contributed by atoms with Crippen LogP contribution in [0.25, 0.3) is 0 Å². The molecule has 1 amide bonds. The molecule has 7 heteroatoms. The van der Waals surface area contributed by atoms with E-state index in [1.807, 2.05) is 79.4 Å². The third-order valence-electron chi connectivity index (χ3n) is 6.20. The zero-order valence-corrected chi connectivity index (χ0v) is 21.4. The molecule has 1 atom stereocenters. The van der Waals surface area contributed by atoms with Gasteiger partial charge in [-0.3, -0.25) is 4.79 Å². The fraction of sp³-hybridized carbons (Fsp3) is 0.345. The summed E-state index contributed by atoms with van der Waals surface area (Å²) in [4.78, 5) is 15.6. The van der Waals surface area contributed by atoms with E-state index in [0.29, 0.717) is 41.5 Å². The van der Waals surface area contributed by atoms with Crippen LogP contribution in [0, 0.1) is 0 Å². The van der Waals surface area contributed by atoms with Gasteiger partial charge in [0.25, 0.3) is 5.91 Å². The Morgan fingerprint density at radius 3 is 2.17 bits per heavy atom. The number of hydrogen-bond acceptors (Lipinski definition) is 6. The Kier molecular flexibility index (Phi) is 7.88. The van der Waals surface area contributed by atoms with Crippen molar-refractivity contribution in [3.8, 4) is 28.7 Å². The summed E-state index contributed by atoms with van der Waals surface area (Å²) in [5, 5.41) is 0. The van der Waals surface area contributed by atoms with Gasteiger partial charge < -0.3 is 28.6 Å². The second-order valence-electron chi connectivity index (χ2n) is 8.82. The van der Waals surface area contributed by atoms with Crippen LogP contribution < -0.4 is 23.7 Å². The molecule has 0 spiro atoms. The second-order valence-corrected chi connectivity index (χ2v) is 8.82. The lowest BCUT2D eigenvalue weighted by molar-refractivity contribution is 0.0587. The van der Waals surface area contributed by atoms with Crippen LogP contribution in [-0.2, 0) is 6.42 Å². The van der Waals surface area contributed by atoms with Crippen molar-refractivity contribution in [2.75, 3.05) is 34.5 Å². The van der Waals surface area contributed by atoms with Crippen LogP contribution in [0.2, 0.25) is 0 Å². The van der Waals surface area contributed by atoms with Gasteiger partial charge in [-0.15, -0.1) is 0 Å². The highest BCUT2D eigenvalue weighted by molar-refractivity contribution is 5.95. The normalized spacial score (nSPS) is 14.7. The number of carbonyl (C=O) groups excluding carboxylic acids is 1. The van der Waals surface area contributed by atoms with Gasteiger partial charge in [-0.2, -0.15) is 0 Å². The summed E-state index contributed by atoms with van der Waals surface area (Å²) in [5.74, 6) is 3.21. The van der Waals surface area contributed by atoms with Gasteiger partial charge in [-0.25, -0.2) is 0 Å². The van der Waals surface area contributed by atoms with E-state index in [-0.39, 0.29) is 24.7 Å². The van der Waals surface area contributed by atoms with Crippen LogP contribution in [0.15, 0.2) is 60.7 Å². The molecule has 0 aliphatic carbocycles. The zero-order chi connectivity index (χ0) is 25.7. The minimum Gasteiger partial charge on any atom is -0.493 e. The first-order chi connectivity index (χ1) is 17.4. The van der Waals surface area contributed by atoms with E-state index in [0.717, 1.165) is 16.9 Å². The number of methoxy groups -OCH3 is 3. The number of nitrogens with zero attached hydrogens (tertiary/aromatic N) is 1. The van der Waals surface area contributed by atoms with Crippen LogP contribution in [0.5, 0.6) is 28.7 Å². The predicted octanol–water partition coefficient (Wildman–Crippen LogP) is 5.32. The van der Waals surface area contributed by atoms with Gasteiger partial charge in [0.1, 0.15) is 12.4 Å². The number of rotatable bonds is 9. The van der Waals surface area contributed by atoms with Crippen LogP contribution in [0.4, 0.5) is 0 Å². The van der Waals surface area contributed by atoms with E-state index < -0.39 is 0 Å². The molecule has 0 radical (unpaired) electrons. The monoisotopic (exact) mass is 491 g/mol. The van der Waals surface area contributed by atoms with Gasteiger partial charge in [0.15, 0.2) is 23.0 Å². The summed E-state index contributed by atoms with van der Waals surface area (Å²) in [6, 6.07) is 18.4. The van der Waals surface area contributed by atoms with Gasteiger partial charge >= 0.3 is 0 Å². The second kappa shape index (κ2) is 11.2. The Morgan fingerprint density at radius 2 is 1.53 bits per heavy atom. The van der Waals surface area contributed by atoms with E-state index in [4.69, 9.17) is 23.7 Å². The average molecular weight is 492 g/mol. The molecule has 3 aromatic rings. The molecular weight excluding hydrogens is 458 g/mol. The lowest BCUT2D eigenvalue weighted by Crippen LogP contribution is -2.42. The van der Waals surface area contributed by atoms with Crippen molar-refractivity contribution >= 4 is 5.91 Å². The summed E-state index contributed by atoms with van der Waals surface area (Å²) in [5.41, 5.74) is 2.67. The van der Waals surface area contributed by atoms with Gasteiger partial charge in [0, 0.05) is 12.1 Å². The first-order valence-corrected chi connectivity index (χ1v) is 12.0. The Balaban J connectivity index is 1.67. The highest BCUT2D eigenvalue weighted by atomic mass is 16.5. The van der Waals surface area contributed by atoms with E-state index in [1.165, 1.54) is 0 Å². The molecular formula is C29H33NO6. The fourth-order valence-corrected chi connectivity index (χ4v) is 4.47. The molecule has 0 saturated heterocycles. The summed E-state index contributed by atoms with van der Waals surface area (Å²) in [6.45, 7) is 4.74. The standard InChI is InChI=1S/C29H33NO6/c1-19(2)36-22-12-10-20(11-13-22)29(31)30-15-14-21-16-27(33-4)28(34-5)17-23(21)24(30)18-35-26-9-7-6-8-25(26)32-3/h6-13,16-17,19,24H,14-15,18H2,1-5H3. The van der Waals surface area contributed by atoms with Crippen molar-refractivity contribution < 1.29 is 28.5 Å². The van der Waals surface area contributed by atoms with Gasteiger partial charge in [-0.05, 0) is 79.9 Å². The van der Waals surface area contributed by atoms with Crippen molar-refractivity contribution in [2.24, 2.45) is 0 Å². The molecule has 1 aliphatic heterocycles. The minimum absolute atomic E-state index is 0.0635. The Labute approximate surface area is 212 Å². The highest BCUT2D eigenvalue weighted by Crippen LogP contribution is 2.39. The largest absolute Gasteiger partial charge is 0.493 e. The Morgan fingerprint density at radius 1 is 0.889 bits per heavy atom.